The van der Waals surface area contributed by atoms with Crippen molar-refractivity contribution in [1.29, 1.82) is 0 Å². The zero-order valence-corrected chi connectivity index (χ0v) is 15.8. The Kier molecular flexibility index (Phi) is 6.10. The molecule has 0 saturated carbocycles. The van der Waals surface area contributed by atoms with Gasteiger partial charge in [0.25, 0.3) is 5.91 Å². The second-order valence-corrected chi connectivity index (χ2v) is 6.39. The number of benzene rings is 1. The van der Waals surface area contributed by atoms with Gasteiger partial charge in [-0.3, -0.25) is 14.8 Å². The van der Waals surface area contributed by atoms with E-state index >= 15 is 0 Å². The van der Waals surface area contributed by atoms with Crippen LogP contribution in [0.1, 0.15) is 23.8 Å². The number of primary amides is 1. The second kappa shape index (κ2) is 8.89. The number of nitrogens with one attached hydrogen (secondary N) is 1. The molecule has 5 N–H and O–H groups in total. The van der Waals surface area contributed by atoms with Crippen LogP contribution in [-0.4, -0.2) is 33.2 Å². The van der Waals surface area contributed by atoms with Crippen molar-refractivity contribution >= 4 is 29.5 Å². The number of nitrogens with two attached hydrogens (primary N) is 2. The Morgan fingerprint density at radius 2 is 1.83 bits per heavy atom. The second-order valence-electron chi connectivity index (χ2n) is 6.39. The summed E-state index contributed by atoms with van der Waals surface area (Å²) in [6.07, 6.45) is 5.81. The lowest BCUT2D eigenvalue weighted by atomic mass is 10.1. The van der Waals surface area contributed by atoms with Crippen molar-refractivity contribution in [2.45, 2.75) is 19.4 Å². The van der Waals surface area contributed by atoms with E-state index in [1.54, 1.807) is 19.3 Å². The summed E-state index contributed by atoms with van der Waals surface area (Å²) >= 11 is 0. The van der Waals surface area contributed by atoms with Gasteiger partial charge >= 0.3 is 0 Å². The Balaban J connectivity index is 1.87. The minimum absolute atomic E-state index is 0.0107. The Hall–Kier alpha value is -3.85. The third-order valence-corrected chi connectivity index (χ3v) is 4.33. The molecule has 3 aromatic rings. The molecule has 1 atom stereocenters. The topological polar surface area (TPSA) is 140 Å². The van der Waals surface area contributed by atoms with Crippen LogP contribution in [0.25, 0.3) is 11.1 Å². The maximum Gasteiger partial charge on any atom is 0.271 e. The van der Waals surface area contributed by atoms with Gasteiger partial charge < -0.3 is 15.8 Å². The predicted molar refractivity (Wildman–Crippen MR) is 110 cm³/mol. The molecule has 1 aromatic carbocycles. The molecule has 0 aliphatic rings. The number of carbonyl (C=O) groups is 2. The summed E-state index contributed by atoms with van der Waals surface area (Å²) in [5, 5.41) is 4.38. The molecular weight excluding hydrogens is 370 g/mol. The third kappa shape index (κ3) is 4.71. The third-order valence-electron chi connectivity index (χ3n) is 4.33. The lowest BCUT2D eigenvalue weighted by molar-refractivity contribution is -0.108. The fourth-order valence-electron chi connectivity index (χ4n) is 2.68. The van der Waals surface area contributed by atoms with E-state index in [1.807, 2.05) is 36.4 Å². The smallest absolute Gasteiger partial charge is 0.271 e. The first kappa shape index (κ1) is 19.9. The largest absolute Gasteiger partial charge is 0.364 e. The first-order valence-corrected chi connectivity index (χ1v) is 8.91. The molecule has 3 rings (SSSR count). The zero-order valence-electron chi connectivity index (χ0n) is 15.8. The molecule has 1 unspecified atom stereocenters. The van der Waals surface area contributed by atoms with Crippen molar-refractivity contribution in [1.82, 2.24) is 15.0 Å². The Morgan fingerprint density at radius 3 is 2.45 bits per heavy atom. The van der Waals surface area contributed by atoms with E-state index in [0.29, 0.717) is 11.5 Å². The SMILES string of the molecule is CC(CC=O)N(N)c1cnc(C(N)=O)c(Nc2ccc(-c3ccncc3)cc2)n1. The van der Waals surface area contributed by atoms with Crippen LogP contribution in [-0.2, 0) is 4.79 Å². The van der Waals surface area contributed by atoms with Gasteiger partial charge in [0.2, 0.25) is 0 Å². The maximum absolute atomic E-state index is 11.8. The average Bonchev–Trinajstić information content (AvgIpc) is 2.74. The van der Waals surface area contributed by atoms with Crippen molar-refractivity contribution in [3.63, 3.8) is 0 Å². The normalized spacial score (nSPS) is 11.5. The number of hydrogen-bond acceptors (Lipinski definition) is 8. The molecule has 148 valence electrons. The molecule has 0 saturated heterocycles. The van der Waals surface area contributed by atoms with Gasteiger partial charge in [-0.25, -0.2) is 15.8 Å². The highest BCUT2D eigenvalue weighted by molar-refractivity contribution is 5.96. The summed E-state index contributed by atoms with van der Waals surface area (Å²) in [5.41, 5.74) is 8.16. The van der Waals surface area contributed by atoms with E-state index in [4.69, 9.17) is 11.6 Å². The molecule has 29 heavy (non-hydrogen) atoms. The van der Waals surface area contributed by atoms with Gasteiger partial charge in [-0.1, -0.05) is 12.1 Å². The molecule has 9 nitrogen and oxygen atoms in total. The Labute approximate surface area is 167 Å². The maximum atomic E-state index is 11.8. The van der Waals surface area contributed by atoms with Crippen molar-refractivity contribution in [3.05, 3.63) is 60.7 Å². The number of hydrazine groups is 1. The first-order chi connectivity index (χ1) is 14.0. The van der Waals surface area contributed by atoms with Crippen molar-refractivity contribution in [3.8, 4) is 11.1 Å². The molecule has 2 aromatic heterocycles. The summed E-state index contributed by atoms with van der Waals surface area (Å²) in [5.74, 6) is 5.79. The zero-order chi connectivity index (χ0) is 20.8. The molecule has 2 heterocycles. The monoisotopic (exact) mass is 391 g/mol. The number of amides is 1. The van der Waals surface area contributed by atoms with Crippen LogP contribution in [0.15, 0.2) is 55.0 Å². The average molecular weight is 391 g/mol. The lowest BCUT2D eigenvalue weighted by Gasteiger charge is -2.24. The number of rotatable bonds is 8. The molecule has 0 aliphatic heterocycles. The van der Waals surface area contributed by atoms with Gasteiger partial charge in [0, 0.05) is 24.5 Å². The van der Waals surface area contributed by atoms with Crippen molar-refractivity contribution in [2.24, 2.45) is 11.6 Å². The highest BCUT2D eigenvalue weighted by atomic mass is 16.1. The predicted octanol–water partition coefficient (Wildman–Crippen LogP) is 2.04. The van der Waals surface area contributed by atoms with Crippen LogP contribution in [0.2, 0.25) is 0 Å². The summed E-state index contributed by atoms with van der Waals surface area (Å²) < 4.78 is 0. The van der Waals surface area contributed by atoms with Gasteiger partial charge in [-0.05, 0) is 42.3 Å². The van der Waals surface area contributed by atoms with Gasteiger partial charge in [0.05, 0.1) is 12.2 Å². The van der Waals surface area contributed by atoms with Crippen LogP contribution in [0.3, 0.4) is 0 Å². The van der Waals surface area contributed by atoms with E-state index in [9.17, 15) is 9.59 Å². The summed E-state index contributed by atoms with van der Waals surface area (Å²) in [7, 11) is 0. The van der Waals surface area contributed by atoms with Crippen LogP contribution in [0, 0.1) is 0 Å². The van der Waals surface area contributed by atoms with Crippen molar-refractivity contribution < 1.29 is 9.59 Å². The first-order valence-electron chi connectivity index (χ1n) is 8.91. The van der Waals surface area contributed by atoms with E-state index in [0.717, 1.165) is 17.4 Å². The highest BCUT2D eigenvalue weighted by Crippen LogP contribution is 2.24. The Bertz CT molecular complexity index is 993. The van der Waals surface area contributed by atoms with Crippen LogP contribution < -0.4 is 21.9 Å². The number of aromatic nitrogens is 3. The molecule has 0 bridgehead atoms. The quantitative estimate of drug-likeness (QED) is 0.301. The number of aldehydes is 1. The van der Waals surface area contributed by atoms with Crippen LogP contribution >= 0.6 is 0 Å². The molecule has 0 radical (unpaired) electrons. The fraction of sp³-hybridized carbons (Fsp3) is 0.150. The molecule has 0 spiro atoms. The lowest BCUT2D eigenvalue weighted by Crippen LogP contribution is -2.40. The number of carbonyl (C=O) groups excluding carboxylic acids is 2. The standard InChI is InChI=1S/C20H21N7O2/c1-13(8-11-28)27(22)17-12-24-18(19(21)29)20(26-17)25-16-4-2-14(3-5-16)15-6-9-23-10-7-15/h2-7,9-13H,8,22H2,1H3,(H2,21,29)(H,25,26). The van der Waals surface area contributed by atoms with E-state index in [-0.39, 0.29) is 24.0 Å². The molecular formula is C20H21N7O2. The highest BCUT2D eigenvalue weighted by Gasteiger charge is 2.18. The number of pyridine rings is 1. The molecule has 1 amide bonds. The summed E-state index contributed by atoms with van der Waals surface area (Å²) in [6, 6.07) is 11.1. The number of hydrogen-bond donors (Lipinski definition) is 3. The summed E-state index contributed by atoms with van der Waals surface area (Å²) in [6.45, 7) is 1.78. The van der Waals surface area contributed by atoms with Crippen molar-refractivity contribution in [2.75, 3.05) is 10.3 Å². The van der Waals surface area contributed by atoms with Gasteiger partial charge in [-0.15, -0.1) is 0 Å². The van der Waals surface area contributed by atoms with Gasteiger partial charge in [0.1, 0.15) is 6.29 Å². The van der Waals surface area contributed by atoms with E-state index in [1.165, 1.54) is 11.2 Å². The number of nitrogens with zero attached hydrogens (tertiary/aromatic N) is 4. The minimum atomic E-state index is -0.718. The van der Waals surface area contributed by atoms with Crippen LogP contribution in [0.4, 0.5) is 17.3 Å². The fourth-order valence-corrected chi connectivity index (χ4v) is 2.68. The molecule has 0 fully saturated rings. The van der Waals surface area contributed by atoms with Gasteiger partial charge in [-0.2, -0.15) is 0 Å². The van der Waals surface area contributed by atoms with Crippen LogP contribution in [0.5, 0.6) is 0 Å². The number of anilines is 3. The molecule has 0 aliphatic carbocycles. The minimum Gasteiger partial charge on any atom is -0.364 e. The Morgan fingerprint density at radius 1 is 1.17 bits per heavy atom. The van der Waals surface area contributed by atoms with Gasteiger partial charge in [0.15, 0.2) is 17.3 Å². The van der Waals surface area contributed by atoms with E-state index in [2.05, 4.69) is 20.3 Å². The summed E-state index contributed by atoms with van der Waals surface area (Å²) in [4.78, 5) is 35.0. The molecule has 9 heteroatoms. The van der Waals surface area contributed by atoms with E-state index < -0.39 is 5.91 Å².